The highest BCUT2D eigenvalue weighted by Gasteiger charge is 2.46. The molecule has 6 N–H and O–H groups in total. The van der Waals surface area contributed by atoms with Gasteiger partial charge in [-0.3, -0.25) is 21.3 Å². The minimum Gasteiger partial charge on any atom is -0.303 e. The van der Waals surface area contributed by atoms with Gasteiger partial charge in [-0.2, -0.15) is 0 Å². The molecule has 0 aromatic carbocycles. The molecule has 4 rings (SSSR count). The molecule has 1 saturated carbocycles. The number of rotatable bonds is 5. The molecule has 3 aliphatic rings. The molecule has 8 nitrogen and oxygen atoms in total. The van der Waals surface area contributed by atoms with Crippen LogP contribution in [0.4, 0.5) is 5.82 Å². The molecule has 4 atom stereocenters. The van der Waals surface area contributed by atoms with E-state index in [0.29, 0.717) is 12.1 Å². The third kappa shape index (κ3) is 4.35. The lowest BCUT2D eigenvalue weighted by molar-refractivity contribution is -0.0920. The summed E-state index contributed by atoms with van der Waals surface area (Å²) in [5, 5.41) is 0. The third-order valence-corrected chi connectivity index (χ3v) is 7.35. The number of hydrogen-bond acceptors (Lipinski definition) is 8. The fourth-order valence-electron chi connectivity index (χ4n) is 5.69. The molecule has 1 aromatic rings. The van der Waals surface area contributed by atoms with Crippen molar-refractivity contribution in [3.63, 3.8) is 0 Å². The molecule has 0 amide bonds. The summed E-state index contributed by atoms with van der Waals surface area (Å²) in [4.78, 5) is 13.8. The normalized spacial score (nSPS) is 33.1. The van der Waals surface area contributed by atoms with Crippen LogP contribution in [-0.4, -0.2) is 70.3 Å². The van der Waals surface area contributed by atoms with Crippen LogP contribution in [0.5, 0.6) is 0 Å². The summed E-state index contributed by atoms with van der Waals surface area (Å²) >= 11 is 0. The summed E-state index contributed by atoms with van der Waals surface area (Å²) in [6.07, 6.45) is 10.6. The first kappa shape index (κ1) is 21.9. The largest absolute Gasteiger partial charge is 0.303 e. The van der Waals surface area contributed by atoms with Crippen LogP contribution in [0, 0.1) is 0 Å². The highest BCUT2D eigenvalue weighted by Crippen LogP contribution is 2.32. The summed E-state index contributed by atoms with van der Waals surface area (Å²) in [5.41, 5.74) is 20.6. The molecule has 0 spiro atoms. The van der Waals surface area contributed by atoms with Crippen molar-refractivity contribution in [3.8, 4) is 0 Å². The second-order valence-corrected chi connectivity index (χ2v) is 9.05. The first-order chi connectivity index (χ1) is 14.6. The summed E-state index contributed by atoms with van der Waals surface area (Å²) in [5.74, 6) is 0.812. The fourth-order valence-corrected chi connectivity index (χ4v) is 5.69. The van der Waals surface area contributed by atoms with Crippen molar-refractivity contribution >= 4 is 5.82 Å². The Bertz CT molecular complexity index is 650. The molecule has 8 heteroatoms. The Hall–Kier alpha value is -1.29. The van der Waals surface area contributed by atoms with Gasteiger partial charge in [0.2, 0.25) is 0 Å². The van der Waals surface area contributed by atoms with Crippen LogP contribution < -0.4 is 22.1 Å². The topological polar surface area (TPSA) is 104 Å². The van der Waals surface area contributed by atoms with Gasteiger partial charge in [0, 0.05) is 24.8 Å². The molecule has 168 valence electrons. The van der Waals surface area contributed by atoms with E-state index < -0.39 is 6.29 Å². The van der Waals surface area contributed by atoms with Crippen LogP contribution >= 0.6 is 0 Å². The lowest BCUT2D eigenvalue weighted by atomic mass is 10.1. The van der Waals surface area contributed by atoms with Gasteiger partial charge >= 0.3 is 0 Å². The highest BCUT2D eigenvalue weighted by molar-refractivity contribution is 5.40. The molecule has 2 aliphatic heterocycles. The van der Waals surface area contributed by atoms with Gasteiger partial charge in [0.15, 0.2) is 0 Å². The molecular formula is C22H40N8. The Morgan fingerprint density at radius 2 is 1.70 bits per heavy atom. The van der Waals surface area contributed by atoms with Gasteiger partial charge < -0.3 is 5.73 Å². The Kier molecular flexibility index (Phi) is 7.23. The van der Waals surface area contributed by atoms with Gasteiger partial charge in [-0.25, -0.2) is 14.8 Å². The van der Waals surface area contributed by atoms with Crippen molar-refractivity contribution in [3.05, 3.63) is 24.4 Å². The van der Waals surface area contributed by atoms with Gasteiger partial charge in [0.25, 0.3) is 0 Å². The maximum atomic E-state index is 6.92. The van der Waals surface area contributed by atoms with E-state index in [-0.39, 0.29) is 12.6 Å². The predicted molar refractivity (Wildman–Crippen MR) is 121 cm³/mol. The first-order valence-electron chi connectivity index (χ1n) is 11.8. The van der Waals surface area contributed by atoms with E-state index in [1.165, 1.54) is 38.5 Å². The Labute approximate surface area is 181 Å². The van der Waals surface area contributed by atoms with Crippen molar-refractivity contribution < 1.29 is 0 Å². The number of pyridine rings is 1. The van der Waals surface area contributed by atoms with Crippen LogP contribution in [-0.2, 0) is 0 Å². The number of anilines is 1. The molecule has 0 radical (unpaired) electrons. The lowest BCUT2D eigenvalue weighted by Gasteiger charge is -2.57. The molecular weight excluding hydrogens is 376 g/mol. The van der Waals surface area contributed by atoms with Crippen LogP contribution in [0.3, 0.4) is 0 Å². The Morgan fingerprint density at radius 1 is 0.933 bits per heavy atom. The monoisotopic (exact) mass is 416 g/mol. The molecule has 0 bridgehead atoms. The number of aromatic nitrogens is 1. The van der Waals surface area contributed by atoms with E-state index in [0.717, 1.165) is 38.3 Å². The average Bonchev–Trinajstić information content (AvgIpc) is 3.04. The molecule has 4 unspecified atom stereocenters. The molecule has 30 heavy (non-hydrogen) atoms. The highest BCUT2D eigenvalue weighted by atomic mass is 15.7. The minimum absolute atomic E-state index is 0.280. The standard InChI is InChI=1S/C22H40N8/c1-2-27-15-9-12-18(27)16-28-20(23)29(17-10-5-3-4-6-11-17)22(25)30(21(28)24)19-13-7-8-14-26-19/h7-8,13-14,17-18,20-22H,2-6,9-12,15-16,23-25H2,1H3. The van der Waals surface area contributed by atoms with E-state index >= 15 is 0 Å². The fraction of sp³-hybridized carbons (Fsp3) is 0.773. The van der Waals surface area contributed by atoms with E-state index in [1.807, 2.05) is 18.2 Å². The molecule has 1 aliphatic carbocycles. The van der Waals surface area contributed by atoms with Gasteiger partial charge in [0.05, 0.1) is 0 Å². The van der Waals surface area contributed by atoms with Gasteiger partial charge in [-0.05, 0) is 50.9 Å². The smallest absolute Gasteiger partial charge is 0.141 e. The van der Waals surface area contributed by atoms with E-state index in [4.69, 9.17) is 17.2 Å². The van der Waals surface area contributed by atoms with Crippen LogP contribution in [0.15, 0.2) is 24.4 Å². The molecule has 2 saturated heterocycles. The van der Waals surface area contributed by atoms with Crippen molar-refractivity contribution in [1.29, 1.82) is 0 Å². The van der Waals surface area contributed by atoms with Crippen LogP contribution in [0.25, 0.3) is 0 Å². The summed E-state index contributed by atoms with van der Waals surface area (Å²) in [6, 6.07) is 6.78. The number of nitrogens with zero attached hydrogens (tertiary/aromatic N) is 5. The van der Waals surface area contributed by atoms with E-state index in [9.17, 15) is 0 Å². The number of likely N-dealkylation sites (tertiary alicyclic amines) is 1. The quantitative estimate of drug-likeness (QED) is 0.620. The SMILES string of the molecule is CCN1CCCC1CN1C(N)N(c2ccccn2)C(N)N(C2CCCCCC2)C1N. The maximum Gasteiger partial charge on any atom is 0.141 e. The summed E-state index contributed by atoms with van der Waals surface area (Å²) in [7, 11) is 0. The minimum atomic E-state index is -0.397. The van der Waals surface area contributed by atoms with Crippen LogP contribution in [0.2, 0.25) is 0 Å². The predicted octanol–water partition coefficient (Wildman–Crippen LogP) is 1.44. The average molecular weight is 417 g/mol. The third-order valence-electron chi connectivity index (χ3n) is 7.35. The van der Waals surface area contributed by atoms with E-state index in [1.54, 1.807) is 6.20 Å². The summed E-state index contributed by atoms with van der Waals surface area (Å²) < 4.78 is 0. The van der Waals surface area contributed by atoms with Crippen LogP contribution in [0.1, 0.15) is 58.3 Å². The van der Waals surface area contributed by atoms with E-state index in [2.05, 4.69) is 31.5 Å². The van der Waals surface area contributed by atoms with Gasteiger partial charge in [-0.1, -0.05) is 38.7 Å². The Morgan fingerprint density at radius 3 is 2.37 bits per heavy atom. The second kappa shape index (κ2) is 9.89. The van der Waals surface area contributed by atoms with Crippen molar-refractivity contribution in [2.75, 3.05) is 24.5 Å². The second-order valence-electron chi connectivity index (χ2n) is 9.05. The maximum absolute atomic E-state index is 6.92. The number of hydrogen-bond donors (Lipinski definition) is 3. The zero-order valence-corrected chi connectivity index (χ0v) is 18.4. The van der Waals surface area contributed by atoms with Gasteiger partial charge in [-0.15, -0.1) is 0 Å². The molecule has 3 fully saturated rings. The van der Waals surface area contributed by atoms with Crippen molar-refractivity contribution in [2.45, 2.75) is 89.2 Å². The summed E-state index contributed by atoms with van der Waals surface area (Å²) in [6.45, 7) is 5.33. The van der Waals surface area contributed by atoms with Crippen molar-refractivity contribution in [1.82, 2.24) is 19.7 Å². The zero-order chi connectivity index (χ0) is 21.1. The Balaban J connectivity index is 1.64. The van der Waals surface area contributed by atoms with Gasteiger partial charge in [0.1, 0.15) is 24.7 Å². The first-order valence-corrected chi connectivity index (χ1v) is 11.8. The zero-order valence-electron chi connectivity index (χ0n) is 18.4. The number of nitrogens with two attached hydrogens (primary N) is 3. The van der Waals surface area contributed by atoms with Crippen molar-refractivity contribution in [2.24, 2.45) is 17.2 Å². The molecule has 1 aromatic heterocycles. The number of likely N-dealkylation sites (N-methyl/N-ethyl adjacent to an activating group) is 1. The molecule has 3 heterocycles. The lowest BCUT2D eigenvalue weighted by Crippen LogP contribution is -2.80.